The number of amides is 2. The first kappa shape index (κ1) is 52.2. The number of alkyl carbamates (subject to hydrolysis) is 2. The van der Waals surface area contributed by atoms with E-state index in [4.69, 9.17) is 18.9 Å². The van der Waals surface area contributed by atoms with Gasteiger partial charge in [-0.1, -0.05) is 121 Å². The average molecular weight is 947 g/mol. The van der Waals surface area contributed by atoms with Gasteiger partial charge in [-0.05, 0) is 89.5 Å². The Labute approximate surface area is 392 Å². The maximum Gasteiger partial charge on any atom is 0.408 e. The van der Waals surface area contributed by atoms with E-state index in [-0.39, 0.29) is 19.3 Å². The van der Waals surface area contributed by atoms with Gasteiger partial charge in [0.2, 0.25) is 34.8 Å². The predicted octanol–water partition coefficient (Wildman–Crippen LogP) is 9.55. The minimum absolute atomic E-state index is 0.0178. The fourth-order valence-electron chi connectivity index (χ4n) is 7.37. The number of hydrogen-bond donors (Lipinski definition) is 3. The van der Waals surface area contributed by atoms with Gasteiger partial charge in [-0.2, -0.15) is 8.78 Å². The highest BCUT2D eigenvalue weighted by molar-refractivity contribution is 5.80. The molecule has 0 aliphatic heterocycles. The molecule has 0 radical (unpaired) electrons. The number of carbonyl (C=O) groups is 4. The Kier molecular flexibility index (Phi) is 17.9. The molecule has 68 heavy (non-hydrogen) atoms. The number of aliphatic hydroxyl groups is 1. The first-order valence-electron chi connectivity index (χ1n) is 21.9. The van der Waals surface area contributed by atoms with E-state index >= 15 is 4.79 Å². The number of rotatable bonds is 18. The molecule has 5 aromatic carbocycles. The first-order chi connectivity index (χ1) is 32.1. The third-order valence-electron chi connectivity index (χ3n) is 10.4. The lowest BCUT2D eigenvalue weighted by Gasteiger charge is -2.37. The molecule has 11 nitrogen and oxygen atoms in total. The van der Waals surface area contributed by atoms with Gasteiger partial charge in [0.15, 0.2) is 0 Å². The van der Waals surface area contributed by atoms with Gasteiger partial charge in [0.05, 0.1) is 30.0 Å². The number of halogens is 5. The van der Waals surface area contributed by atoms with Crippen molar-refractivity contribution in [3.05, 3.63) is 173 Å². The summed E-state index contributed by atoms with van der Waals surface area (Å²) < 4.78 is 95.4. The summed E-state index contributed by atoms with van der Waals surface area (Å²) in [6, 6.07) is 31.4. The number of nitrogens with one attached hydrogen (secondary N) is 2. The Morgan fingerprint density at radius 2 is 0.794 bits per heavy atom. The largest absolute Gasteiger partial charge is 0.458 e. The molecule has 2 amide bonds. The molecule has 0 heterocycles. The third-order valence-corrected chi connectivity index (χ3v) is 10.4. The van der Waals surface area contributed by atoms with Crippen LogP contribution >= 0.6 is 0 Å². The second-order valence-electron chi connectivity index (χ2n) is 18.2. The van der Waals surface area contributed by atoms with Crippen LogP contribution in [0.25, 0.3) is 0 Å². The average Bonchev–Trinajstić information content (AvgIpc) is 3.28. The van der Waals surface area contributed by atoms with Gasteiger partial charge in [0, 0.05) is 0 Å². The highest BCUT2D eigenvalue weighted by Crippen LogP contribution is 2.32. The SMILES string of the molecule is CC(C)(C)OC(=O)N[C@H](Cc1ccccc1)C(OC(=O)[C@H](Cc1ccccc1)C(O)[C@@H](Cc1ccccc1)C(=O)Oc1c(F)c(F)c(F)c(F)c1F)[C@@H](Cc1ccccc1)NC(=O)OC(C)(C)C. The smallest absolute Gasteiger partial charge is 0.408 e. The van der Waals surface area contributed by atoms with Crippen LogP contribution in [0.5, 0.6) is 5.75 Å². The lowest BCUT2D eigenvalue weighted by atomic mass is 9.83. The third kappa shape index (κ3) is 15.1. The van der Waals surface area contributed by atoms with Crippen LogP contribution in [0.3, 0.4) is 0 Å². The molecular formula is C52H55F5N2O9. The molecule has 0 aliphatic carbocycles. The van der Waals surface area contributed by atoms with Crippen molar-refractivity contribution in [3.63, 3.8) is 0 Å². The van der Waals surface area contributed by atoms with Crippen LogP contribution in [-0.4, -0.2) is 64.7 Å². The fraction of sp³-hybridized carbons (Fsp3) is 0.346. The van der Waals surface area contributed by atoms with E-state index in [1.165, 1.54) is 0 Å². The van der Waals surface area contributed by atoms with Gasteiger partial charge in [0.1, 0.15) is 17.3 Å². The number of aliphatic hydroxyl groups excluding tert-OH is 1. The highest BCUT2D eigenvalue weighted by atomic mass is 19.2. The van der Waals surface area contributed by atoms with E-state index in [0.717, 1.165) is 0 Å². The summed E-state index contributed by atoms with van der Waals surface area (Å²) in [5, 5.41) is 18.1. The van der Waals surface area contributed by atoms with Crippen LogP contribution in [0.4, 0.5) is 31.5 Å². The number of benzene rings is 5. The zero-order chi connectivity index (χ0) is 49.8. The molecule has 0 saturated carbocycles. The Hall–Kier alpha value is -6.81. The summed E-state index contributed by atoms with van der Waals surface area (Å²) in [5.74, 6) is -20.5. The molecule has 0 bridgehead atoms. The molecule has 1 unspecified atom stereocenters. The second kappa shape index (κ2) is 23.3. The molecule has 362 valence electrons. The van der Waals surface area contributed by atoms with E-state index in [9.17, 15) is 41.4 Å². The van der Waals surface area contributed by atoms with E-state index in [1.54, 1.807) is 163 Å². The summed E-state index contributed by atoms with van der Waals surface area (Å²) >= 11 is 0. The molecular weight excluding hydrogens is 892 g/mol. The van der Waals surface area contributed by atoms with Crippen LogP contribution in [-0.2, 0) is 49.5 Å². The van der Waals surface area contributed by atoms with Crippen molar-refractivity contribution < 1.29 is 65.2 Å². The lowest BCUT2D eigenvalue weighted by Crippen LogP contribution is -2.59. The monoisotopic (exact) mass is 946 g/mol. The van der Waals surface area contributed by atoms with E-state index in [2.05, 4.69) is 10.6 Å². The zero-order valence-electron chi connectivity index (χ0n) is 38.4. The Morgan fingerprint density at radius 3 is 1.13 bits per heavy atom. The summed E-state index contributed by atoms with van der Waals surface area (Å²) in [5.41, 5.74) is 0.128. The number of ether oxygens (including phenoxy) is 4. The topological polar surface area (TPSA) is 149 Å². The number of carbonyl (C=O) groups excluding carboxylic acids is 4. The predicted molar refractivity (Wildman–Crippen MR) is 242 cm³/mol. The molecule has 5 atom stereocenters. The minimum Gasteiger partial charge on any atom is -0.458 e. The molecule has 5 aromatic rings. The van der Waals surface area contributed by atoms with E-state index in [0.29, 0.717) is 22.3 Å². The van der Waals surface area contributed by atoms with Gasteiger partial charge in [-0.15, -0.1) is 0 Å². The summed E-state index contributed by atoms with van der Waals surface area (Å²) in [7, 11) is 0. The molecule has 0 aromatic heterocycles. The molecule has 0 fully saturated rings. The molecule has 5 rings (SSSR count). The second-order valence-corrected chi connectivity index (χ2v) is 18.2. The maximum absolute atomic E-state index is 15.2. The minimum atomic E-state index is -2.49. The highest BCUT2D eigenvalue weighted by Gasteiger charge is 2.44. The van der Waals surface area contributed by atoms with E-state index < -0.39 is 113 Å². The number of esters is 2. The molecule has 0 aliphatic rings. The zero-order valence-corrected chi connectivity index (χ0v) is 38.4. The summed E-state index contributed by atoms with van der Waals surface area (Å²) in [6.07, 6.45) is -6.35. The molecule has 16 heteroatoms. The van der Waals surface area contributed by atoms with Crippen molar-refractivity contribution >= 4 is 24.1 Å². The van der Waals surface area contributed by atoms with Crippen LogP contribution in [0.15, 0.2) is 121 Å². The van der Waals surface area contributed by atoms with E-state index in [1.807, 2.05) is 0 Å². The van der Waals surface area contributed by atoms with Crippen LogP contribution in [0.2, 0.25) is 0 Å². The quantitative estimate of drug-likeness (QED) is 0.0195. The van der Waals surface area contributed by atoms with Crippen molar-refractivity contribution in [2.24, 2.45) is 11.8 Å². The van der Waals surface area contributed by atoms with Crippen LogP contribution in [0.1, 0.15) is 63.8 Å². The first-order valence-corrected chi connectivity index (χ1v) is 21.9. The summed E-state index contributed by atoms with van der Waals surface area (Å²) in [6.45, 7) is 9.90. The van der Waals surface area contributed by atoms with Gasteiger partial charge < -0.3 is 34.7 Å². The van der Waals surface area contributed by atoms with Crippen molar-refractivity contribution in [2.45, 2.75) is 103 Å². The Bertz CT molecular complexity index is 2370. The maximum atomic E-state index is 15.2. The van der Waals surface area contributed by atoms with Gasteiger partial charge in [-0.3, -0.25) is 9.59 Å². The van der Waals surface area contributed by atoms with Crippen molar-refractivity contribution in [1.82, 2.24) is 10.6 Å². The standard InChI is InChI=1S/C52H55F5N2O9/c1-51(2,3)67-49(63)58-37(29-33-23-15-9-16-24-33)45(38(30-34-25-17-10-18-26-34)59-50(64)68-52(4,5)6)65-47(61)35(27-31-19-11-7-12-20-31)44(60)36(28-32-21-13-8-14-22-32)48(62)66-46-42(56)40(54)39(53)41(55)43(46)57/h7-26,35-38,44-45,60H,27-30H2,1-6H3,(H,58,63)(H,59,64)/t35-,36-,37-,38-,44?/m1/s1. The fourth-order valence-corrected chi connectivity index (χ4v) is 7.37. The molecule has 0 spiro atoms. The van der Waals surface area contributed by atoms with Crippen molar-refractivity contribution in [3.8, 4) is 5.75 Å². The lowest BCUT2D eigenvalue weighted by molar-refractivity contribution is -0.165. The van der Waals surface area contributed by atoms with Gasteiger partial charge in [0.25, 0.3) is 0 Å². The van der Waals surface area contributed by atoms with Gasteiger partial charge >= 0.3 is 24.1 Å². The molecule has 0 saturated heterocycles. The molecule has 3 N–H and O–H groups in total. The van der Waals surface area contributed by atoms with Crippen LogP contribution < -0.4 is 15.4 Å². The normalized spacial score (nSPS) is 13.9. The van der Waals surface area contributed by atoms with Crippen molar-refractivity contribution in [1.29, 1.82) is 0 Å². The number of hydrogen-bond acceptors (Lipinski definition) is 9. The Morgan fingerprint density at radius 1 is 0.485 bits per heavy atom. The van der Waals surface area contributed by atoms with Crippen molar-refractivity contribution in [2.75, 3.05) is 0 Å². The Balaban J connectivity index is 1.67. The van der Waals surface area contributed by atoms with Gasteiger partial charge in [-0.25, -0.2) is 22.8 Å². The summed E-state index contributed by atoms with van der Waals surface area (Å²) in [4.78, 5) is 56.8. The van der Waals surface area contributed by atoms with Crippen LogP contribution in [0, 0.1) is 40.9 Å².